The van der Waals surface area contributed by atoms with Crippen LogP contribution in [0.2, 0.25) is 0 Å². The number of nitrogens with one attached hydrogen (secondary N) is 1. The largest absolute Gasteiger partial charge is 0.368 e. The lowest BCUT2D eigenvalue weighted by Crippen LogP contribution is -2.18. The number of anilines is 1. The lowest BCUT2D eigenvalue weighted by atomic mass is 10.3. The third-order valence-corrected chi connectivity index (χ3v) is 3.44. The zero-order valence-corrected chi connectivity index (χ0v) is 12.8. The van der Waals surface area contributed by atoms with Gasteiger partial charge in [0.1, 0.15) is 5.82 Å². The molecule has 3 rings (SSSR count). The van der Waals surface area contributed by atoms with Gasteiger partial charge in [-0.1, -0.05) is 0 Å². The Hall–Kier alpha value is -2.37. The van der Waals surface area contributed by atoms with E-state index in [1.165, 1.54) is 5.56 Å². The minimum Gasteiger partial charge on any atom is -0.368 e. The van der Waals surface area contributed by atoms with Crippen molar-refractivity contribution in [3.8, 4) is 0 Å². The molecule has 21 heavy (non-hydrogen) atoms. The smallest absolute Gasteiger partial charge is 0.157 e. The first kappa shape index (κ1) is 13.6. The van der Waals surface area contributed by atoms with E-state index in [2.05, 4.69) is 33.6 Å². The summed E-state index contributed by atoms with van der Waals surface area (Å²) in [7, 11) is 0. The van der Waals surface area contributed by atoms with Gasteiger partial charge < -0.3 is 5.32 Å². The van der Waals surface area contributed by atoms with Crippen molar-refractivity contribution in [3.63, 3.8) is 0 Å². The van der Waals surface area contributed by atoms with Gasteiger partial charge >= 0.3 is 0 Å². The van der Waals surface area contributed by atoms with Gasteiger partial charge in [-0.2, -0.15) is 14.7 Å². The number of hydrogen-bond donors (Lipinski definition) is 1. The lowest BCUT2D eigenvalue weighted by Gasteiger charge is -2.15. The molecule has 0 radical (unpaired) electrons. The average Bonchev–Trinajstić information content (AvgIpc) is 3.00. The van der Waals surface area contributed by atoms with Crippen LogP contribution in [0.5, 0.6) is 0 Å². The molecule has 1 atom stereocenters. The van der Waals surface area contributed by atoms with Crippen LogP contribution >= 0.6 is 0 Å². The molecule has 0 amide bonds. The Balaban J connectivity index is 1.81. The first-order valence-electron chi connectivity index (χ1n) is 7.11. The Kier molecular flexibility index (Phi) is 3.37. The van der Waals surface area contributed by atoms with Crippen LogP contribution in [-0.2, 0) is 0 Å². The molecule has 0 saturated heterocycles. The van der Waals surface area contributed by atoms with Crippen LogP contribution < -0.4 is 5.32 Å². The summed E-state index contributed by atoms with van der Waals surface area (Å²) in [6.45, 7) is 8.93. The van der Waals surface area contributed by atoms with Crippen LogP contribution in [0.4, 0.5) is 5.82 Å². The highest BCUT2D eigenvalue weighted by Gasteiger charge is 2.09. The molecular formula is C15H20N6. The van der Waals surface area contributed by atoms with E-state index in [1.807, 2.05) is 48.3 Å². The first-order valence-corrected chi connectivity index (χ1v) is 7.11. The zero-order valence-electron chi connectivity index (χ0n) is 12.8. The maximum Gasteiger partial charge on any atom is 0.157 e. The molecule has 3 aromatic heterocycles. The third-order valence-electron chi connectivity index (χ3n) is 3.44. The summed E-state index contributed by atoms with van der Waals surface area (Å²) >= 11 is 0. The maximum absolute atomic E-state index is 4.49. The van der Waals surface area contributed by atoms with Gasteiger partial charge in [-0.05, 0) is 33.3 Å². The summed E-state index contributed by atoms with van der Waals surface area (Å²) in [6.07, 6.45) is 3.93. The Morgan fingerprint density at radius 3 is 2.71 bits per heavy atom. The van der Waals surface area contributed by atoms with Gasteiger partial charge in [-0.15, -0.1) is 0 Å². The van der Waals surface area contributed by atoms with Crippen molar-refractivity contribution in [3.05, 3.63) is 41.5 Å². The minimum absolute atomic E-state index is 0.263. The SMILES string of the molecule is Cc1cnn(C(C)CNc2cc(C)nc3cc(C)nn23)c1. The Morgan fingerprint density at radius 2 is 2.00 bits per heavy atom. The standard InChI is InChI=1S/C15H20N6/c1-10-7-17-20(9-10)13(4)8-16-14-5-11(2)18-15-6-12(3)19-21(14)15/h5-7,9,13,16H,8H2,1-4H3. The predicted octanol–water partition coefficient (Wildman–Crippen LogP) is 2.52. The highest BCUT2D eigenvalue weighted by atomic mass is 15.3. The molecule has 6 heteroatoms. The molecule has 0 spiro atoms. The van der Waals surface area contributed by atoms with E-state index in [0.717, 1.165) is 29.4 Å². The number of hydrogen-bond acceptors (Lipinski definition) is 4. The first-order chi connectivity index (χ1) is 10.0. The quantitative estimate of drug-likeness (QED) is 0.799. The topological polar surface area (TPSA) is 60.0 Å². The van der Waals surface area contributed by atoms with Gasteiger partial charge in [0.2, 0.25) is 0 Å². The molecule has 0 aromatic carbocycles. The summed E-state index contributed by atoms with van der Waals surface area (Å²) in [4.78, 5) is 4.49. The van der Waals surface area contributed by atoms with Crippen molar-refractivity contribution in [2.45, 2.75) is 33.7 Å². The fourth-order valence-electron chi connectivity index (χ4n) is 2.36. The van der Waals surface area contributed by atoms with Gasteiger partial charge in [-0.3, -0.25) is 4.68 Å². The van der Waals surface area contributed by atoms with E-state index in [0.29, 0.717) is 0 Å². The van der Waals surface area contributed by atoms with Gasteiger partial charge in [0.05, 0.1) is 17.9 Å². The molecule has 0 fully saturated rings. The number of rotatable bonds is 4. The van der Waals surface area contributed by atoms with Crippen LogP contribution in [0.15, 0.2) is 24.5 Å². The van der Waals surface area contributed by atoms with Gasteiger partial charge in [-0.25, -0.2) is 4.98 Å². The second-order valence-electron chi connectivity index (χ2n) is 5.57. The van der Waals surface area contributed by atoms with E-state index in [-0.39, 0.29) is 6.04 Å². The fraction of sp³-hybridized carbons (Fsp3) is 0.400. The maximum atomic E-state index is 4.49. The monoisotopic (exact) mass is 284 g/mol. The lowest BCUT2D eigenvalue weighted by molar-refractivity contribution is 0.511. The normalized spacial score (nSPS) is 12.8. The summed E-state index contributed by atoms with van der Waals surface area (Å²) in [6, 6.07) is 4.26. The molecule has 1 unspecified atom stereocenters. The summed E-state index contributed by atoms with van der Waals surface area (Å²) in [5.74, 6) is 0.960. The fourth-order valence-corrected chi connectivity index (χ4v) is 2.36. The molecule has 1 N–H and O–H groups in total. The van der Waals surface area contributed by atoms with Crippen molar-refractivity contribution in [1.82, 2.24) is 24.4 Å². The van der Waals surface area contributed by atoms with Crippen LogP contribution in [0, 0.1) is 20.8 Å². The molecule has 3 heterocycles. The van der Waals surface area contributed by atoms with Gasteiger partial charge in [0.25, 0.3) is 0 Å². The number of aromatic nitrogens is 5. The molecule has 0 aliphatic carbocycles. The van der Waals surface area contributed by atoms with E-state index in [9.17, 15) is 0 Å². The molecule has 0 aliphatic rings. The highest BCUT2D eigenvalue weighted by molar-refractivity contribution is 5.50. The van der Waals surface area contributed by atoms with E-state index in [4.69, 9.17) is 0 Å². The van der Waals surface area contributed by atoms with E-state index in [1.54, 1.807) is 0 Å². The van der Waals surface area contributed by atoms with Crippen LogP contribution in [0.25, 0.3) is 5.65 Å². The second kappa shape index (κ2) is 5.20. The molecule has 0 saturated carbocycles. The Labute approximate surface area is 123 Å². The van der Waals surface area contributed by atoms with Gasteiger partial charge in [0, 0.05) is 30.6 Å². The van der Waals surface area contributed by atoms with Crippen molar-refractivity contribution in [2.75, 3.05) is 11.9 Å². The van der Waals surface area contributed by atoms with Crippen molar-refractivity contribution >= 4 is 11.5 Å². The van der Waals surface area contributed by atoms with Crippen molar-refractivity contribution < 1.29 is 0 Å². The van der Waals surface area contributed by atoms with Crippen molar-refractivity contribution in [1.29, 1.82) is 0 Å². The number of fused-ring (bicyclic) bond motifs is 1. The number of aryl methyl sites for hydroxylation is 3. The molecule has 6 nitrogen and oxygen atoms in total. The minimum atomic E-state index is 0.263. The Bertz CT molecular complexity index is 770. The van der Waals surface area contributed by atoms with Crippen molar-refractivity contribution in [2.24, 2.45) is 0 Å². The second-order valence-corrected chi connectivity index (χ2v) is 5.57. The molecule has 0 aliphatic heterocycles. The van der Waals surface area contributed by atoms with Crippen LogP contribution in [0.3, 0.4) is 0 Å². The van der Waals surface area contributed by atoms with E-state index < -0.39 is 0 Å². The van der Waals surface area contributed by atoms with Gasteiger partial charge in [0.15, 0.2) is 5.65 Å². The zero-order chi connectivity index (χ0) is 15.0. The van der Waals surface area contributed by atoms with Crippen LogP contribution in [-0.4, -0.2) is 30.9 Å². The molecule has 110 valence electrons. The Morgan fingerprint density at radius 1 is 1.19 bits per heavy atom. The molecule has 0 bridgehead atoms. The third kappa shape index (κ3) is 2.74. The predicted molar refractivity (Wildman–Crippen MR) is 82.6 cm³/mol. The summed E-state index contributed by atoms with van der Waals surface area (Å²) in [5.41, 5.74) is 3.99. The van der Waals surface area contributed by atoms with Crippen LogP contribution in [0.1, 0.15) is 29.9 Å². The molecular weight excluding hydrogens is 264 g/mol. The molecule has 3 aromatic rings. The highest BCUT2D eigenvalue weighted by Crippen LogP contribution is 2.15. The number of nitrogens with zero attached hydrogens (tertiary/aromatic N) is 5. The summed E-state index contributed by atoms with van der Waals surface area (Å²) < 4.78 is 3.82. The average molecular weight is 284 g/mol. The summed E-state index contributed by atoms with van der Waals surface area (Å²) in [5, 5.41) is 12.3. The van der Waals surface area contributed by atoms with E-state index >= 15 is 0 Å².